The van der Waals surface area contributed by atoms with Gasteiger partial charge in [0.2, 0.25) is 0 Å². The molecule has 0 N–H and O–H groups in total. The van der Waals surface area contributed by atoms with E-state index in [9.17, 15) is 10.1 Å². The third kappa shape index (κ3) is 3.85. The number of nitro groups is 1. The molecule has 0 atom stereocenters. The second-order valence-corrected chi connectivity index (χ2v) is 4.92. The molecule has 0 saturated carbocycles. The monoisotopic (exact) mass is 336 g/mol. The maximum Gasteiger partial charge on any atom is 0.283 e. The maximum absolute atomic E-state index is 10.8. The van der Waals surface area contributed by atoms with Crippen LogP contribution >= 0.6 is 15.9 Å². The highest BCUT2D eigenvalue weighted by Gasteiger charge is 2.14. The molecular weight excluding hydrogens is 324 g/mol. The summed E-state index contributed by atoms with van der Waals surface area (Å²) in [5.41, 5.74) is 1.78. The fourth-order valence-electron chi connectivity index (χ4n) is 1.72. The SMILES string of the molecule is O=[N+]([O-])c1cccc(COCCc2ccccn2)c1Br. The maximum atomic E-state index is 10.8. The Hall–Kier alpha value is -1.79. The van der Waals surface area contributed by atoms with E-state index in [1.54, 1.807) is 18.3 Å². The van der Waals surface area contributed by atoms with Crippen molar-refractivity contribution in [3.05, 3.63) is 68.4 Å². The molecule has 0 radical (unpaired) electrons. The Bertz CT molecular complexity index is 590. The van der Waals surface area contributed by atoms with Crippen LogP contribution in [0.2, 0.25) is 0 Å². The molecule has 0 amide bonds. The van der Waals surface area contributed by atoms with Crippen LogP contribution in [-0.4, -0.2) is 16.5 Å². The molecule has 0 bridgehead atoms. The lowest BCUT2D eigenvalue weighted by molar-refractivity contribution is -0.385. The van der Waals surface area contributed by atoms with Crippen molar-refractivity contribution in [1.29, 1.82) is 0 Å². The van der Waals surface area contributed by atoms with Crippen LogP contribution in [0.25, 0.3) is 0 Å². The van der Waals surface area contributed by atoms with Gasteiger partial charge in [0, 0.05) is 24.4 Å². The van der Waals surface area contributed by atoms with Crippen LogP contribution in [0.15, 0.2) is 47.1 Å². The fourth-order valence-corrected chi connectivity index (χ4v) is 2.25. The predicted octanol–water partition coefficient (Wildman–Crippen LogP) is 3.51. The van der Waals surface area contributed by atoms with Gasteiger partial charge in [0.1, 0.15) is 4.47 Å². The summed E-state index contributed by atoms with van der Waals surface area (Å²) in [5, 5.41) is 10.8. The number of pyridine rings is 1. The van der Waals surface area contributed by atoms with Gasteiger partial charge < -0.3 is 4.74 Å². The summed E-state index contributed by atoms with van der Waals surface area (Å²) >= 11 is 3.24. The highest BCUT2D eigenvalue weighted by atomic mass is 79.9. The van der Waals surface area contributed by atoms with Crippen LogP contribution in [-0.2, 0) is 17.8 Å². The summed E-state index contributed by atoms with van der Waals surface area (Å²) in [6.45, 7) is 0.848. The van der Waals surface area contributed by atoms with Gasteiger partial charge in [0.25, 0.3) is 5.69 Å². The summed E-state index contributed by atoms with van der Waals surface area (Å²) in [6, 6.07) is 10.6. The van der Waals surface area contributed by atoms with Crippen molar-refractivity contribution in [2.24, 2.45) is 0 Å². The van der Waals surface area contributed by atoms with Gasteiger partial charge in [-0.05, 0) is 33.6 Å². The molecule has 0 fully saturated rings. The van der Waals surface area contributed by atoms with E-state index in [0.29, 0.717) is 24.1 Å². The first-order valence-corrected chi connectivity index (χ1v) is 6.87. The first-order chi connectivity index (χ1) is 9.68. The molecular formula is C14H13BrN2O3. The van der Waals surface area contributed by atoms with Gasteiger partial charge in [0.05, 0.1) is 18.1 Å². The third-order valence-electron chi connectivity index (χ3n) is 2.74. The van der Waals surface area contributed by atoms with Crippen molar-refractivity contribution in [2.75, 3.05) is 6.61 Å². The molecule has 2 rings (SSSR count). The Kier molecular flexibility index (Phi) is 5.20. The lowest BCUT2D eigenvalue weighted by Crippen LogP contribution is -2.02. The molecule has 0 aliphatic carbocycles. The number of hydrogen-bond donors (Lipinski definition) is 0. The minimum atomic E-state index is -0.415. The average molecular weight is 337 g/mol. The van der Waals surface area contributed by atoms with E-state index >= 15 is 0 Å². The number of hydrogen-bond acceptors (Lipinski definition) is 4. The molecule has 5 nitrogen and oxygen atoms in total. The van der Waals surface area contributed by atoms with Gasteiger partial charge in [0.15, 0.2) is 0 Å². The van der Waals surface area contributed by atoms with Crippen molar-refractivity contribution in [1.82, 2.24) is 4.98 Å². The lowest BCUT2D eigenvalue weighted by atomic mass is 10.2. The van der Waals surface area contributed by atoms with Crippen molar-refractivity contribution in [3.63, 3.8) is 0 Å². The first-order valence-electron chi connectivity index (χ1n) is 6.08. The number of rotatable bonds is 6. The lowest BCUT2D eigenvalue weighted by Gasteiger charge is -2.06. The van der Waals surface area contributed by atoms with E-state index in [1.165, 1.54) is 6.07 Å². The summed E-state index contributed by atoms with van der Waals surface area (Å²) < 4.78 is 6.02. The van der Waals surface area contributed by atoms with Gasteiger partial charge in [-0.1, -0.05) is 18.2 Å². The minimum Gasteiger partial charge on any atom is -0.376 e. The summed E-state index contributed by atoms with van der Waals surface area (Å²) in [6.07, 6.45) is 2.46. The molecule has 0 saturated heterocycles. The molecule has 2 aromatic rings. The molecule has 0 unspecified atom stereocenters. The number of nitro benzene ring substituents is 1. The Labute approximate surface area is 124 Å². The van der Waals surface area contributed by atoms with Crippen LogP contribution in [0.1, 0.15) is 11.3 Å². The van der Waals surface area contributed by atoms with Gasteiger partial charge in [-0.3, -0.25) is 15.1 Å². The highest BCUT2D eigenvalue weighted by Crippen LogP contribution is 2.28. The predicted molar refractivity (Wildman–Crippen MR) is 78.4 cm³/mol. The van der Waals surface area contributed by atoms with E-state index < -0.39 is 4.92 Å². The van der Waals surface area contributed by atoms with E-state index in [4.69, 9.17) is 4.74 Å². The van der Waals surface area contributed by atoms with Crippen LogP contribution in [0.4, 0.5) is 5.69 Å². The Morgan fingerprint density at radius 1 is 1.25 bits per heavy atom. The quantitative estimate of drug-likeness (QED) is 0.460. The van der Waals surface area contributed by atoms with E-state index in [2.05, 4.69) is 20.9 Å². The van der Waals surface area contributed by atoms with Crippen LogP contribution in [0.5, 0.6) is 0 Å². The standard InChI is InChI=1S/C14H13BrN2O3/c15-14-11(4-3-6-13(14)17(18)19)10-20-9-7-12-5-1-2-8-16-12/h1-6,8H,7,9-10H2. The Morgan fingerprint density at radius 2 is 2.10 bits per heavy atom. The molecule has 0 aliphatic rings. The second-order valence-electron chi connectivity index (χ2n) is 4.13. The Balaban J connectivity index is 1.88. The number of halogens is 1. The number of benzene rings is 1. The average Bonchev–Trinajstić information content (AvgIpc) is 2.46. The van der Waals surface area contributed by atoms with Gasteiger partial charge in [-0.25, -0.2) is 0 Å². The first kappa shape index (κ1) is 14.6. The number of aromatic nitrogens is 1. The molecule has 1 aromatic heterocycles. The zero-order valence-electron chi connectivity index (χ0n) is 10.7. The zero-order valence-corrected chi connectivity index (χ0v) is 12.2. The largest absolute Gasteiger partial charge is 0.376 e. The van der Waals surface area contributed by atoms with Crippen LogP contribution in [0, 0.1) is 10.1 Å². The van der Waals surface area contributed by atoms with Crippen molar-refractivity contribution >= 4 is 21.6 Å². The molecule has 6 heteroatoms. The number of nitrogens with zero attached hydrogens (tertiary/aromatic N) is 2. The van der Waals surface area contributed by atoms with E-state index in [0.717, 1.165) is 11.3 Å². The molecule has 1 aromatic carbocycles. The van der Waals surface area contributed by atoms with Crippen LogP contribution in [0.3, 0.4) is 0 Å². The molecule has 1 heterocycles. The van der Waals surface area contributed by atoms with Crippen LogP contribution < -0.4 is 0 Å². The summed E-state index contributed by atoms with van der Waals surface area (Å²) in [5.74, 6) is 0. The smallest absolute Gasteiger partial charge is 0.283 e. The van der Waals surface area contributed by atoms with Gasteiger partial charge in [-0.15, -0.1) is 0 Å². The van der Waals surface area contributed by atoms with Crippen molar-refractivity contribution in [3.8, 4) is 0 Å². The Morgan fingerprint density at radius 3 is 2.80 bits per heavy atom. The number of ether oxygens (including phenoxy) is 1. The van der Waals surface area contributed by atoms with Gasteiger partial charge in [-0.2, -0.15) is 0 Å². The highest BCUT2D eigenvalue weighted by molar-refractivity contribution is 9.10. The van der Waals surface area contributed by atoms with Crippen molar-refractivity contribution in [2.45, 2.75) is 13.0 Å². The van der Waals surface area contributed by atoms with Gasteiger partial charge >= 0.3 is 0 Å². The molecule has 104 valence electrons. The molecule has 0 aliphatic heterocycles. The fraction of sp³-hybridized carbons (Fsp3) is 0.214. The molecule has 0 spiro atoms. The third-order valence-corrected chi connectivity index (χ3v) is 3.66. The summed E-state index contributed by atoms with van der Waals surface area (Å²) in [4.78, 5) is 14.6. The molecule has 20 heavy (non-hydrogen) atoms. The van der Waals surface area contributed by atoms with E-state index in [-0.39, 0.29) is 5.69 Å². The summed E-state index contributed by atoms with van der Waals surface area (Å²) in [7, 11) is 0. The normalized spacial score (nSPS) is 10.4. The van der Waals surface area contributed by atoms with Crippen molar-refractivity contribution < 1.29 is 9.66 Å². The second kappa shape index (κ2) is 7.12. The van der Waals surface area contributed by atoms with E-state index in [1.807, 2.05) is 18.2 Å². The minimum absolute atomic E-state index is 0.0517. The topological polar surface area (TPSA) is 65.3 Å². The zero-order chi connectivity index (χ0) is 14.4.